The monoisotopic (exact) mass is 425 g/mol. The van der Waals surface area contributed by atoms with Crippen LogP contribution in [0.5, 0.6) is 0 Å². The van der Waals surface area contributed by atoms with E-state index in [2.05, 4.69) is 10.3 Å². The maximum atomic E-state index is 13.2. The van der Waals surface area contributed by atoms with Crippen molar-refractivity contribution < 1.29 is 9.13 Å². The minimum Gasteiger partial charge on any atom is -0.376 e. The largest absolute Gasteiger partial charge is 0.376 e. The number of nitrogens with one attached hydrogen (secondary N) is 2. The smallest absolute Gasteiger partial charge is 0.253 e. The van der Waals surface area contributed by atoms with E-state index in [0.717, 1.165) is 35.9 Å². The zero-order valence-corrected chi connectivity index (χ0v) is 17.6. The van der Waals surface area contributed by atoms with Crippen LogP contribution in [0, 0.1) is 12.7 Å². The molecule has 1 unspecified atom stereocenters. The lowest BCUT2D eigenvalue weighted by molar-refractivity contribution is 0.0904. The summed E-state index contributed by atoms with van der Waals surface area (Å²) < 4.78 is 19.0. The van der Waals surface area contributed by atoms with Gasteiger partial charge >= 0.3 is 0 Å². The number of aromatic nitrogens is 1. The molecule has 0 spiro atoms. The predicted molar refractivity (Wildman–Crippen MR) is 121 cm³/mol. The van der Waals surface area contributed by atoms with Gasteiger partial charge in [-0.15, -0.1) is 0 Å². The fourth-order valence-corrected chi connectivity index (χ4v) is 3.94. The third-order valence-corrected chi connectivity index (χ3v) is 5.63. The highest BCUT2D eigenvalue weighted by atomic mass is 32.1. The Hall–Kier alpha value is -2.77. The van der Waals surface area contributed by atoms with Gasteiger partial charge in [-0.25, -0.2) is 4.39 Å². The number of rotatable bonds is 5. The van der Waals surface area contributed by atoms with Crippen LogP contribution in [0.15, 0.2) is 53.3 Å². The van der Waals surface area contributed by atoms with Gasteiger partial charge < -0.3 is 19.9 Å². The van der Waals surface area contributed by atoms with E-state index < -0.39 is 0 Å². The van der Waals surface area contributed by atoms with Gasteiger partial charge in [-0.05, 0) is 79.8 Å². The quantitative estimate of drug-likeness (QED) is 0.595. The average Bonchev–Trinajstić information content (AvgIpc) is 3.23. The first kappa shape index (κ1) is 20.5. The third-order valence-electron chi connectivity index (χ3n) is 5.27. The van der Waals surface area contributed by atoms with Crippen LogP contribution in [-0.4, -0.2) is 34.3 Å². The van der Waals surface area contributed by atoms with E-state index in [1.54, 1.807) is 12.1 Å². The van der Waals surface area contributed by atoms with E-state index >= 15 is 0 Å². The van der Waals surface area contributed by atoms with Crippen LogP contribution in [0.3, 0.4) is 0 Å². The normalized spacial score (nSPS) is 16.0. The fraction of sp³-hybridized carbons (Fsp3) is 0.304. The maximum Gasteiger partial charge on any atom is 0.253 e. The summed E-state index contributed by atoms with van der Waals surface area (Å²) in [5.41, 5.74) is 3.14. The number of benzene rings is 2. The molecule has 156 valence electrons. The van der Waals surface area contributed by atoms with Crippen molar-refractivity contribution in [1.82, 2.24) is 9.88 Å². The number of fused-ring (bicyclic) bond motifs is 1. The molecule has 2 aromatic carbocycles. The molecular weight excluding hydrogens is 401 g/mol. The van der Waals surface area contributed by atoms with Crippen LogP contribution >= 0.6 is 12.2 Å². The molecule has 1 fully saturated rings. The van der Waals surface area contributed by atoms with Crippen molar-refractivity contribution in [2.24, 2.45) is 0 Å². The molecule has 3 aromatic rings. The highest BCUT2D eigenvalue weighted by molar-refractivity contribution is 7.80. The second kappa shape index (κ2) is 8.93. The molecule has 0 bridgehead atoms. The second-order valence-electron chi connectivity index (χ2n) is 7.67. The Kier molecular flexibility index (Phi) is 6.11. The lowest BCUT2D eigenvalue weighted by Crippen LogP contribution is -2.40. The van der Waals surface area contributed by atoms with Crippen LogP contribution in [0.25, 0.3) is 10.9 Å². The summed E-state index contributed by atoms with van der Waals surface area (Å²) in [4.78, 5) is 17.6. The molecule has 0 radical (unpaired) electrons. The number of aromatic amines is 1. The second-order valence-corrected chi connectivity index (χ2v) is 8.05. The van der Waals surface area contributed by atoms with Crippen molar-refractivity contribution in [2.75, 3.05) is 18.5 Å². The summed E-state index contributed by atoms with van der Waals surface area (Å²) in [5.74, 6) is -0.305. The molecule has 0 saturated carbocycles. The molecule has 1 saturated heterocycles. The van der Waals surface area contributed by atoms with Crippen molar-refractivity contribution >= 4 is 33.9 Å². The molecule has 5 nitrogen and oxygen atoms in total. The number of ether oxygens (including phenoxy) is 1. The van der Waals surface area contributed by atoms with Crippen LogP contribution in [0.2, 0.25) is 0 Å². The number of halogens is 1. The van der Waals surface area contributed by atoms with E-state index in [4.69, 9.17) is 17.0 Å². The summed E-state index contributed by atoms with van der Waals surface area (Å²) in [5, 5.41) is 4.61. The van der Waals surface area contributed by atoms with Crippen molar-refractivity contribution in [1.29, 1.82) is 0 Å². The molecule has 2 N–H and O–H groups in total. The zero-order valence-electron chi connectivity index (χ0n) is 16.8. The van der Waals surface area contributed by atoms with Crippen LogP contribution in [0.4, 0.5) is 10.1 Å². The van der Waals surface area contributed by atoms with E-state index in [9.17, 15) is 9.18 Å². The van der Waals surface area contributed by atoms with Gasteiger partial charge in [-0.1, -0.05) is 11.6 Å². The Balaban J connectivity index is 1.59. The van der Waals surface area contributed by atoms with E-state index in [0.29, 0.717) is 29.5 Å². The van der Waals surface area contributed by atoms with Gasteiger partial charge in [-0.2, -0.15) is 0 Å². The van der Waals surface area contributed by atoms with E-state index in [1.807, 2.05) is 36.1 Å². The van der Waals surface area contributed by atoms with Crippen molar-refractivity contribution in [3.8, 4) is 0 Å². The summed E-state index contributed by atoms with van der Waals surface area (Å²) in [6.07, 6.45) is 2.05. The van der Waals surface area contributed by atoms with Crippen molar-refractivity contribution in [2.45, 2.75) is 32.4 Å². The fourth-order valence-electron chi connectivity index (χ4n) is 3.68. The minimum atomic E-state index is -0.305. The minimum absolute atomic E-state index is 0.0692. The van der Waals surface area contributed by atoms with E-state index in [-0.39, 0.29) is 17.5 Å². The highest BCUT2D eigenvalue weighted by Crippen LogP contribution is 2.18. The molecule has 1 aliphatic rings. The molecule has 1 atom stereocenters. The van der Waals surface area contributed by atoms with E-state index in [1.165, 1.54) is 12.1 Å². The molecular formula is C23H24FN3O2S. The van der Waals surface area contributed by atoms with Gasteiger partial charge in [0.1, 0.15) is 5.82 Å². The first-order valence-corrected chi connectivity index (χ1v) is 10.4. The van der Waals surface area contributed by atoms with Crippen LogP contribution in [0.1, 0.15) is 24.0 Å². The van der Waals surface area contributed by atoms with Gasteiger partial charge in [0.2, 0.25) is 0 Å². The maximum absolute atomic E-state index is 13.2. The Labute approximate surface area is 179 Å². The number of H-pyrrole nitrogens is 1. The van der Waals surface area contributed by atoms with Crippen molar-refractivity contribution in [3.05, 3.63) is 75.8 Å². The van der Waals surface area contributed by atoms with Gasteiger partial charge in [0.25, 0.3) is 5.56 Å². The number of thiocarbonyl (C=S) groups is 1. The lowest BCUT2D eigenvalue weighted by Gasteiger charge is -2.28. The first-order chi connectivity index (χ1) is 14.5. The zero-order chi connectivity index (χ0) is 21.1. The summed E-state index contributed by atoms with van der Waals surface area (Å²) in [7, 11) is 0. The number of anilines is 1. The average molecular weight is 426 g/mol. The van der Waals surface area contributed by atoms with Gasteiger partial charge in [0.15, 0.2) is 5.11 Å². The van der Waals surface area contributed by atoms with Gasteiger partial charge in [-0.3, -0.25) is 4.79 Å². The highest BCUT2D eigenvalue weighted by Gasteiger charge is 2.22. The molecule has 0 aliphatic carbocycles. The SMILES string of the molecule is Cc1ccc2[nH]c(=O)c(CN(CC3CCCO3)C(=S)Nc3ccc(F)cc3)cc2c1. The summed E-state index contributed by atoms with van der Waals surface area (Å²) >= 11 is 5.64. The summed E-state index contributed by atoms with van der Waals surface area (Å²) in [6, 6.07) is 13.9. The number of pyridine rings is 1. The number of nitrogens with zero attached hydrogens (tertiary/aromatic N) is 1. The Bertz CT molecular complexity index is 1110. The number of aryl methyl sites for hydroxylation is 1. The molecule has 7 heteroatoms. The Morgan fingerprint density at radius 3 is 2.80 bits per heavy atom. The first-order valence-electron chi connectivity index (χ1n) is 10.0. The molecule has 1 aromatic heterocycles. The van der Waals surface area contributed by atoms with Crippen LogP contribution in [-0.2, 0) is 11.3 Å². The third kappa shape index (κ3) is 4.86. The predicted octanol–water partition coefficient (Wildman–Crippen LogP) is 4.35. The summed E-state index contributed by atoms with van der Waals surface area (Å²) in [6.45, 7) is 3.70. The number of hydrogen-bond donors (Lipinski definition) is 2. The number of hydrogen-bond acceptors (Lipinski definition) is 3. The molecule has 30 heavy (non-hydrogen) atoms. The van der Waals surface area contributed by atoms with Gasteiger partial charge in [0, 0.05) is 29.9 Å². The molecule has 2 heterocycles. The molecule has 1 aliphatic heterocycles. The van der Waals surface area contributed by atoms with Gasteiger partial charge in [0.05, 0.1) is 12.6 Å². The van der Waals surface area contributed by atoms with Crippen LogP contribution < -0.4 is 10.9 Å². The Morgan fingerprint density at radius 1 is 1.27 bits per heavy atom. The molecule has 4 rings (SSSR count). The lowest BCUT2D eigenvalue weighted by atomic mass is 10.1. The Morgan fingerprint density at radius 2 is 2.07 bits per heavy atom. The molecule has 0 amide bonds. The standard InChI is InChI=1S/C23H24FN3O2S/c1-15-4-9-21-16(11-15)12-17(22(28)26-21)13-27(14-20-3-2-10-29-20)23(30)25-19-7-5-18(24)6-8-19/h4-9,11-12,20H,2-3,10,13-14H2,1H3,(H,25,30)(H,26,28). The van der Waals surface area contributed by atoms with Crippen molar-refractivity contribution in [3.63, 3.8) is 0 Å². The topological polar surface area (TPSA) is 57.4 Å².